The molecule has 1 saturated heterocycles. The van der Waals surface area contributed by atoms with E-state index in [2.05, 4.69) is 24.2 Å². The maximum atomic E-state index is 11.1. The number of hydrogen-bond donors (Lipinski definition) is 2. The van der Waals surface area contributed by atoms with Crippen LogP contribution in [-0.2, 0) is 17.7 Å². The predicted octanol–water partition coefficient (Wildman–Crippen LogP) is 0.435. The van der Waals surface area contributed by atoms with Crippen LogP contribution in [0.4, 0.5) is 0 Å². The molecule has 0 bridgehead atoms. The quantitative estimate of drug-likeness (QED) is 0.803. The minimum Gasteiger partial charge on any atom is -0.476 e. The summed E-state index contributed by atoms with van der Waals surface area (Å²) in [6, 6.07) is 0. The molecule has 7 nitrogen and oxygen atoms in total. The number of nitrogens with zero attached hydrogens (tertiary/aromatic N) is 3. The zero-order valence-electron chi connectivity index (χ0n) is 11.3. The van der Waals surface area contributed by atoms with E-state index in [1.54, 1.807) is 4.68 Å². The second kappa shape index (κ2) is 5.26. The van der Waals surface area contributed by atoms with E-state index in [0.29, 0.717) is 25.2 Å². The summed E-state index contributed by atoms with van der Waals surface area (Å²) in [6.07, 6.45) is 2.43. The Bertz CT molecular complexity index is 470. The van der Waals surface area contributed by atoms with Gasteiger partial charge in [-0.2, -0.15) is 0 Å². The minimum atomic E-state index is -1.07. The molecule has 1 aromatic heterocycles. The Labute approximate surface area is 111 Å². The van der Waals surface area contributed by atoms with Gasteiger partial charge < -0.3 is 15.6 Å². The van der Waals surface area contributed by atoms with Crippen molar-refractivity contribution < 1.29 is 14.6 Å². The van der Waals surface area contributed by atoms with E-state index in [0.717, 1.165) is 12.8 Å². The van der Waals surface area contributed by atoms with Gasteiger partial charge in [-0.1, -0.05) is 5.21 Å². The van der Waals surface area contributed by atoms with Gasteiger partial charge in [-0.3, -0.25) is 0 Å². The molecule has 2 heterocycles. The normalized spacial score (nSPS) is 21.7. The molecule has 1 atom stereocenters. The summed E-state index contributed by atoms with van der Waals surface area (Å²) >= 11 is 0. The monoisotopic (exact) mass is 268 g/mol. The molecule has 0 aromatic carbocycles. The summed E-state index contributed by atoms with van der Waals surface area (Å²) in [5.74, 6) is -1.07. The summed E-state index contributed by atoms with van der Waals surface area (Å²) in [6.45, 7) is 5.00. The fraction of sp³-hybridized carbons (Fsp3) is 0.750. The number of nitrogens with two attached hydrogens (primary N) is 1. The van der Waals surface area contributed by atoms with Crippen LogP contribution < -0.4 is 5.73 Å². The lowest BCUT2D eigenvalue weighted by atomic mass is 10.1. The fourth-order valence-corrected chi connectivity index (χ4v) is 2.43. The third-order valence-corrected chi connectivity index (χ3v) is 3.35. The molecule has 1 unspecified atom stereocenters. The molecule has 1 aromatic rings. The maximum Gasteiger partial charge on any atom is 0.358 e. The van der Waals surface area contributed by atoms with Crippen LogP contribution in [0.5, 0.6) is 0 Å². The van der Waals surface area contributed by atoms with Gasteiger partial charge in [-0.25, -0.2) is 9.48 Å². The molecular weight excluding hydrogens is 248 g/mol. The molecule has 1 aliphatic rings. The molecule has 0 amide bonds. The molecule has 0 aliphatic carbocycles. The molecule has 1 aliphatic heterocycles. The Morgan fingerprint density at radius 3 is 2.89 bits per heavy atom. The van der Waals surface area contributed by atoms with E-state index in [-0.39, 0.29) is 17.4 Å². The number of hydrogen-bond acceptors (Lipinski definition) is 5. The van der Waals surface area contributed by atoms with Gasteiger partial charge in [0.05, 0.1) is 23.9 Å². The molecule has 3 N–H and O–H groups in total. The van der Waals surface area contributed by atoms with Gasteiger partial charge in [0.2, 0.25) is 0 Å². The van der Waals surface area contributed by atoms with Gasteiger partial charge in [0.25, 0.3) is 0 Å². The summed E-state index contributed by atoms with van der Waals surface area (Å²) in [5, 5.41) is 16.7. The first-order valence-electron chi connectivity index (χ1n) is 6.46. The Morgan fingerprint density at radius 1 is 1.63 bits per heavy atom. The topological polar surface area (TPSA) is 103 Å². The van der Waals surface area contributed by atoms with Gasteiger partial charge in [0, 0.05) is 6.42 Å². The van der Waals surface area contributed by atoms with Crippen LogP contribution in [0.3, 0.4) is 0 Å². The van der Waals surface area contributed by atoms with Crippen LogP contribution >= 0.6 is 0 Å². The highest BCUT2D eigenvalue weighted by Gasteiger charge is 2.32. The van der Waals surface area contributed by atoms with Gasteiger partial charge in [-0.15, -0.1) is 5.10 Å². The van der Waals surface area contributed by atoms with Gasteiger partial charge >= 0.3 is 5.97 Å². The zero-order chi connectivity index (χ0) is 14.0. The van der Waals surface area contributed by atoms with Crippen LogP contribution in [0.2, 0.25) is 0 Å². The molecular formula is C12H20N4O3. The van der Waals surface area contributed by atoms with Crippen molar-refractivity contribution in [2.75, 3.05) is 6.54 Å². The lowest BCUT2D eigenvalue weighted by molar-refractivity contribution is -0.0234. The Kier molecular flexibility index (Phi) is 3.86. The first kappa shape index (κ1) is 14.0. The molecule has 0 saturated carbocycles. The highest BCUT2D eigenvalue weighted by molar-refractivity contribution is 5.86. The molecule has 1 fully saturated rings. The van der Waals surface area contributed by atoms with Crippen molar-refractivity contribution in [2.24, 2.45) is 5.73 Å². The third kappa shape index (κ3) is 3.10. The summed E-state index contributed by atoms with van der Waals surface area (Å²) < 4.78 is 7.50. The van der Waals surface area contributed by atoms with Crippen molar-refractivity contribution in [2.45, 2.75) is 51.4 Å². The highest BCUT2D eigenvalue weighted by Crippen LogP contribution is 2.30. The lowest BCUT2D eigenvalue weighted by Crippen LogP contribution is -2.24. The number of aromatic nitrogens is 3. The summed E-state index contributed by atoms with van der Waals surface area (Å²) in [7, 11) is 0. The van der Waals surface area contributed by atoms with E-state index in [9.17, 15) is 4.79 Å². The second-order valence-electron chi connectivity index (χ2n) is 5.45. The van der Waals surface area contributed by atoms with E-state index >= 15 is 0 Å². The first-order chi connectivity index (χ1) is 8.93. The van der Waals surface area contributed by atoms with E-state index in [1.807, 2.05) is 0 Å². The Hall–Kier alpha value is -1.47. The largest absolute Gasteiger partial charge is 0.476 e. The van der Waals surface area contributed by atoms with E-state index < -0.39 is 5.97 Å². The SMILES string of the molecule is CC1(C)CCC(Cn2nnc(C(=O)O)c2CCN)O1. The lowest BCUT2D eigenvalue weighted by Gasteiger charge is -2.19. The highest BCUT2D eigenvalue weighted by atomic mass is 16.5. The van der Waals surface area contributed by atoms with E-state index in [1.165, 1.54) is 0 Å². The van der Waals surface area contributed by atoms with Crippen molar-refractivity contribution in [3.8, 4) is 0 Å². The van der Waals surface area contributed by atoms with Crippen LogP contribution in [0.15, 0.2) is 0 Å². The number of carboxylic acids is 1. The van der Waals surface area contributed by atoms with Crippen molar-refractivity contribution >= 4 is 5.97 Å². The van der Waals surface area contributed by atoms with Crippen LogP contribution in [-0.4, -0.2) is 44.3 Å². The Balaban J connectivity index is 2.14. The van der Waals surface area contributed by atoms with Crippen molar-refractivity contribution in [1.29, 1.82) is 0 Å². The number of ether oxygens (including phenoxy) is 1. The molecule has 7 heteroatoms. The van der Waals surface area contributed by atoms with Crippen molar-refractivity contribution in [3.05, 3.63) is 11.4 Å². The number of aromatic carboxylic acids is 1. The van der Waals surface area contributed by atoms with Crippen LogP contribution in [0.1, 0.15) is 42.9 Å². The second-order valence-corrected chi connectivity index (χ2v) is 5.45. The van der Waals surface area contributed by atoms with Crippen LogP contribution in [0.25, 0.3) is 0 Å². The minimum absolute atomic E-state index is 0.0114. The number of carbonyl (C=O) groups is 1. The predicted molar refractivity (Wildman–Crippen MR) is 67.9 cm³/mol. The number of carboxylic acid groups (broad SMARTS) is 1. The van der Waals surface area contributed by atoms with Gasteiger partial charge in [-0.05, 0) is 33.2 Å². The van der Waals surface area contributed by atoms with E-state index in [4.69, 9.17) is 15.6 Å². The smallest absolute Gasteiger partial charge is 0.358 e. The first-order valence-corrected chi connectivity index (χ1v) is 6.46. The zero-order valence-corrected chi connectivity index (χ0v) is 11.3. The van der Waals surface area contributed by atoms with Crippen molar-refractivity contribution in [3.63, 3.8) is 0 Å². The number of rotatable bonds is 5. The molecule has 19 heavy (non-hydrogen) atoms. The fourth-order valence-electron chi connectivity index (χ4n) is 2.43. The third-order valence-electron chi connectivity index (χ3n) is 3.35. The maximum absolute atomic E-state index is 11.1. The standard InChI is InChI=1S/C12H20N4O3/c1-12(2)5-3-8(19-12)7-16-9(4-6-13)10(11(17)18)14-15-16/h8H,3-7,13H2,1-2H3,(H,17,18). The van der Waals surface area contributed by atoms with Gasteiger partial charge in [0.1, 0.15) is 0 Å². The van der Waals surface area contributed by atoms with Crippen LogP contribution in [0, 0.1) is 0 Å². The average molecular weight is 268 g/mol. The Morgan fingerprint density at radius 2 is 2.37 bits per heavy atom. The molecule has 0 spiro atoms. The molecule has 106 valence electrons. The molecule has 2 rings (SSSR count). The summed E-state index contributed by atoms with van der Waals surface area (Å²) in [4.78, 5) is 11.1. The summed E-state index contributed by atoms with van der Waals surface area (Å²) in [5.41, 5.74) is 5.96. The molecule has 0 radical (unpaired) electrons. The van der Waals surface area contributed by atoms with Gasteiger partial charge in [0.15, 0.2) is 5.69 Å². The average Bonchev–Trinajstić information content (AvgIpc) is 2.85. The van der Waals surface area contributed by atoms with Crippen molar-refractivity contribution in [1.82, 2.24) is 15.0 Å².